The van der Waals surface area contributed by atoms with Gasteiger partial charge in [0.05, 0.1) is 0 Å². The van der Waals surface area contributed by atoms with E-state index in [4.69, 9.17) is 17.3 Å². The van der Waals surface area contributed by atoms with Gasteiger partial charge in [0.25, 0.3) is 0 Å². The van der Waals surface area contributed by atoms with Crippen molar-refractivity contribution in [1.29, 1.82) is 0 Å². The lowest BCUT2D eigenvalue weighted by molar-refractivity contribution is 0.617. The Balaban J connectivity index is 2.04. The van der Waals surface area contributed by atoms with Crippen molar-refractivity contribution < 1.29 is 4.39 Å². The smallest absolute Gasteiger partial charge is 0.127 e. The maximum absolute atomic E-state index is 13.5. The largest absolute Gasteiger partial charge is 0.326 e. The Morgan fingerprint density at radius 3 is 2.50 bits per heavy atom. The van der Waals surface area contributed by atoms with Gasteiger partial charge in [-0.3, -0.25) is 0 Å². The van der Waals surface area contributed by atoms with E-state index in [1.165, 1.54) is 6.07 Å². The molecule has 0 radical (unpaired) electrons. The number of thioether (sulfide) groups is 1. The van der Waals surface area contributed by atoms with Crippen LogP contribution in [-0.2, 0) is 12.3 Å². The summed E-state index contributed by atoms with van der Waals surface area (Å²) in [5.74, 6) is 0.347. The van der Waals surface area contributed by atoms with Crippen molar-refractivity contribution in [3.63, 3.8) is 0 Å². The first-order valence-electron chi connectivity index (χ1n) is 5.55. The van der Waals surface area contributed by atoms with Crippen LogP contribution in [0.5, 0.6) is 0 Å². The summed E-state index contributed by atoms with van der Waals surface area (Å²) in [6.45, 7) is 0.536. The topological polar surface area (TPSA) is 26.0 Å². The molecule has 94 valence electrons. The maximum atomic E-state index is 13.5. The monoisotopic (exact) mass is 281 g/mol. The van der Waals surface area contributed by atoms with E-state index >= 15 is 0 Å². The van der Waals surface area contributed by atoms with Crippen LogP contribution in [0.3, 0.4) is 0 Å². The van der Waals surface area contributed by atoms with Gasteiger partial charge < -0.3 is 5.73 Å². The van der Waals surface area contributed by atoms with Crippen LogP contribution in [0.2, 0.25) is 5.02 Å². The van der Waals surface area contributed by atoms with E-state index in [0.717, 1.165) is 10.5 Å². The van der Waals surface area contributed by atoms with Gasteiger partial charge in [0, 0.05) is 22.2 Å². The van der Waals surface area contributed by atoms with Crippen LogP contribution in [0.1, 0.15) is 11.1 Å². The molecule has 0 unspecified atom stereocenters. The normalized spacial score (nSPS) is 10.6. The highest BCUT2D eigenvalue weighted by Crippen LogP contribution is 2.25. The minimum Gasteiger partial charge on any atom is -0.326 e. The first kappa shape index (κ1) is 13.4. The van der Waals surface area contributed by atoms with Crippen LogP contribution in [0.4, 0.5) is 4.39 Å². The minimum atomic E-state index is -0.217. The zero-order valence-corrected chi connectivity index (χ0v) is 11.3. The Hall–Kier alpha value is -1.03. The Labute approximate surface area is 115 Å². The second-order valence-electron chi connectivity index (χ2n) is 3.87. The zero-order valence-electron chi connectivity index (χ0n) is 9.70. The van der Waals surface area contributed by atoms with Crippen molar-refractivity contribution >= 4 is 23.4 Å². The summed E-state index contributed by atoms with van der Waals surface area (Å²) >= 11 is 7.42. The number of nitrogens with two attached hydrogens (primary N) is 1. The quantitative estimate of drug-likeness (QED) is 0.849. The van der Waals surface area contributed by atoms with Gasteiger partial charge in [-0.2, -0.15) is 0 Å². The fourth-order valence-corrected chi connectivity index (χ4v) is 2.60. The highest BCUT2D eigenvalue weighted by molar-refractivity contribution is 7.98. The predicted octanol–water partition coefficient (Wildman–Crippen LogP) is 4.23. The van der Waals surface area contributed by atoms with E-state index in [9.17, 15) is 4.39 Å². The van der Waals surface area contributed by atoms with Crippen LogP contribution in [-0.4, -0.2) is 0 Å². The van der Waals surface area contributed by atoms with Crippen molar-refractivity contribution in [2.24, 2.45) is 5.73 Å². The predicted molar refractivity (Wildman–Crippen MR) is 75.3 cm³/mol. The molecule has 0 saturated carbocycles. The second-order valence-corrected chi connectivity index (χ2v) is 5.36. The molecule has 1 nitrogen and oxygen atoms in total. The van der Waals surface area contributed by atoms with Crippen LogP contribution in [0, 0.1) is 5.82 Å². The molecule has 0 aromatic heterocycles. The first-order chi connectivity index (χ1) is 8.69. The van der Waals surface area contributed by atoms with E-state index in [2.05, 4.69) is 0 Å². The molecular formula is C14H13ClFNS. The number of hydrogen-bond donors (Lipinski definition) is 1. The van der Waals surface area contributed by atoms with Gasteiger partial charge in [-0.15, -0.1) is 11.8 Å². The van der Waals surface area contributed by atoms with E-state index in [-0.39, 0.29) is 5.82 Å². The third kappa shape index (κ3) is 3.48. The molecule has 4 heteroatoms. The second kappa shape index (κ2) is 6.23. The Kier molecular flexibility index (Phi) is 4.64. The molecule has 2 rings (SSSR count). The van der Waals surface area contributed by atoms with Crippen LogP contribution < -0.4 is 5.73 Å². The third-order valence-corrected chi connectivity index (χ3v) is 3.86. The fraction of sp³-hybridized carbons (Fsp3) is 0.143. The molecule has 0 atom stereocenters. The summed E-state index contributed by atoms with van der Waals surface area (Å²) < 4.78 is 13.5. The highest BCUT2D eigenvalue weighted by atomic mass is 35.5. The summed E-state index contributed by atoms with van der Waals surface area (Å²) in [6, 6.07) is 12.6. The third-order valence-electron chi connectivity index (χ3n) is 2.56. The maximum Gasteiger partial charge on any atom is 0.127 e. The zero-order chi connectivity index (χ0) is 13.0. The molecular weight excluding hydrogens is 269 g/mol. The number of rotatable bonds is 4. The van der Waals surface area contributed by atoms with E-state index in [1.54, 1.807) is 23.9 Å². The van der Waals surface area contributed by atoms with E-state index in [1.807, 2.05) is 24.3 Å². The molecule has 0 bridgehead atoms. The molecule has 18 heavy (non-hydrogen) atoms. The molecule has 0 saturated heterocycles. The molecule has 0 aliphatic heterocycles. The Bertz CT molecular complexity index is 528. The molecule has 2 N–H and O–H groups in total. The lowest BCUT2D eigenvalue weighted by atomic mass is 10.2. The van der Waals surface area contributed by atoms with E-state index in [0.29, 0.717) is 22.9 Å². The minimum absolute atomic E-state index is 0.217. The van der Waals surface area contributed by atoms with Gasteiger partial charge in [-0.05, 0) is 41.5 Å². The SMILES string of the molecule is NCc1ccc(SCc2cc(Cl)ccc2F)cc1. The van der Waals surface area contributed by atoms with Gasteiger partial charge in [0.2, 0.25) is 0 Å². The van der Waals surface area contributed by atoms with Gasteiger partial charge >= 0.3 is 0 Å². The summed E-state index contributed by atoms with van der Waals surface area (Å²) in [6.07, 6.45) is 0. The van der Waals surface area contributed by atoms with Crippen molar-refractivity contribution in [2.45, 2.75) is 17.2 Å². The standard InChI is InChI=1S/C14H13ClFNS/c15-12-3-6-14(16)11(7-12)9-18-13-4-1-10(8-17)2-5-13/h1-7H,8-9,17H2. The van der Waals surface area contributed by atoms with Crippen molar-refractivity contribution in [3.05, 3.63) is 64.4 Å². The lowest BCUT2D eigenvalue weighted by Gasteiger charge is -2.05. The van der Waals surface area contributed by atoms with Crippen LogP contribution in [0.15, 0.2) is 47.4 Å². The average molecular weight is 282 g/mol. The molecule has 0 heterocycles. The summed E-state index contributed by atoms with van der Waals surface area (Å²) in [7, 11) is 0. The first-order valence-corrected chi connectivity index (χ1v) is 6.91. The van der Waals surface area contributed by atoms with Gasteiger partial charge in [0.15, 0.2) is 0 Å². The molecule has 0 fully saturated rings. The summed E-state index contributed by atoms with van der Waals surface area (Å²) in [5.41, 5.74) is 7.24. The Morgan fingerprint density at radius 1 is 1.11 bits per heavy atom. The number of halogens is 2. The van der Waals surface area contributed by atoms with Gasteiger partial charge in [-0.1, -0.05) is 23.7 Å². The molecule has 0 amide bonds. The molecule has 0 aliphatic rings. The van der Waals surface area contributed by atoms with Crippen molar-refractivity contribution in [1.82, 2.24) is 0 Å². The van der Waals surface area contributed by atoms with E-state index < -0.39 is 0 Å². The van der Waals surface area contributed by atoms with Crippen LogP contribution in [0.25, 0.3) is 0 Å². The average Bonchev–Trinajstić information content (AvgIpc) is 2.40. The summed E-state index contributed by atoms with van der Waals surface area (Å²) in [4.78, 5) is 1.09. The molecule has 0 spiro atoms. The van der Waals surface area contributed by atoms with Crippen LogP contribution >= 0.6 is 23.4 Å². The Morgan fingerprint density at radius 2 is 1.83 bits per heavy atom. The highest BCUT2D eigenvalue weighted by Gasteiger charge is 2.04. The molecule has 2 aromatic carbocycles. The summed E-state index contributed by atoms with van der Waals surface area (Å²) in [5, 5.41) is 0.561. The molecule has 2 aromatic rings. The van der Waals surface area contributed by atoms with Crippen molar-refractivity contribution in [3.8, 4) is 0 Å². The fourth-order valence-electron chi connectivity index (χ4n) is 1.54. The number of benzene rings is 2. The van der Waals surface area contributed by atoms with Gasteiger partial charge in [-0.25, -0.2) is 4.39 Å². The van der Waals surface area contributed by atoms with Gasteiger partial charge in [0.1, 0.15) is 5.82 Å². The number of hydrogen-bond acceptors (Lipinski definition) is 2. The van der Waals surface area contributed by atoms with Crippen molar-refractivity contribution in [2.75, 3.05) is 0 Å². The molecule has 0 aliphatic carbocycles. The lowest BCUT2D eigenvalue weighted by Crippen LogP contribution is -1.95.